The Morgan fingerprint density at radius 1 is 1.53 bits per heavy atom. The molecule has 2 aromatic rings. The van der Waals surface area contributed by atoms with Gasteiger partial charge < -0.3 is 14.8 Å². The minimum atomic E-state index is -0.300. The fraction of sp³-hybridized carbons (Fsp3) is 0.500. The van der Waals surface area contributed by atoms with Gasteiger partial charge in [0.1, 0.15) is 11.6 Å². The number of imidazole rings is 1. The molecule has 0 bridgehead atoms. The van der Waals surface area contributed by atoms with E-state index in [4.69, 9.17) is 15.4 Å². The molecule has 1 fully saturated rings. The predicted molar refractivity (Wildman–Crippen MR) is 64.4 cm³/mol. The normalized spacial score (nSPS) is 22.6. The number of aromatic amines is 1. The zero-order valence-electron chi connectivity index (χ0n) is 9.89. The zero-order valence-corrected chi connectivity index (χ0v) is 9.89. The molecule has 0 aromatic carbocycles. The van der Waals surface area contributed by atoms with Crippen LogP contribution in [0.25, 0.3) is 21.6 Å². The van der Waals surface area contributed by atoms with Crippen molar-refractivity contribution >= 4 is 17.0 Å². The smallest absolute Gasteiger partial charge is 0.181 e. The van der Waals surface area contributed by atoms with Crippen molar-refractivity contribution < 1.29 is 9.84 Å². The second kappa shape index (κ2) is 4.81. The number of hydrogen-bond acceptors (Lipinski definition) is 6. The molecule has 19 heavy (non-hydrogen) atoms. The average molecular weight is 261 g/mol. The van der Waals surface area contributed by atoms with Crippen LogP contribution in [-0.2, 0) is 4.74 Å². The lowest BCUT2D eigenvalue weighted by Gasteiger charge is -2.11. The third-order valence-corrected chi connectivity index (χ3v) is 3.02. The van der Waals surface area contributed by atoms with Crippen molar-refractivity contribution in [1.29, 1.82) is 0 Å². The average Bonchev–Trinajstić information content (AvgIpc) is 3.07. The molecule has 0 spiro atoms. The molecule has 1 saturated heterocycles. The van der Waals surface area contributed by atoms with Gasteiger partial charge in [-0.05, 0) is 23.5 Å². The van der Waals surface area contributed by atoms with Crippen molar-refractivity contribution in [3.8, 4) is 0 Å². The van der Waals surface area contributed by atoms with Crippen molar-refractivity contribution in [2.24, 2.45) is 5.11 Å². The van der Waals surface area contributed by atoms with Crippen LogP contribution in [0.3, 0.4) is 0 Å². The summed E-state index contributed by atoms with van der Waals surface area (Å²) in [6.07, 6.45) is 2.44. The Kier molecular flexibility index (Phi) is 3.00. The number of azide groups is 1. The highest BCUT2D eigenvalue weighted by atomic mass is 16.5. The molecule has 9 heteroatoms. The largest absolute Gasteiger partial charge is 0.394 e. The van der Waals surface area contributed by atoms with Crippen LogP contribution in [0.15, 0.2) is 11.4 Å². The maximum absolute atomic E-state index is 9.06. The van der Waals surface area contributed by atoms with Crippen LogP contribution in [0.2, 0.25) is 0 Å². The monoisotopic (exact) mass is 261 g/mol. The number of nitrogens with zero attached hydrogens (tertiary/aromatic N) is 6. The lowest BCUT2D eigenvalue weighted by Crippen LogP contribution is -2.12. The maximum atomic E-state index is 9.06. The van der Waals surface area contributed by atoms with Gasteiger partial charge in [0.25, 0.3) is 0 Å². The SMILES string of the molecule is [N-]=[N+]=Nc1nc([C@H]2CC[C@@H](CO)O2)nc2nc[nH]c12. The van der Waals surface area contributed by atoms with E-state index in [-0.39, 0.29) is 24.6 Å². The van der Waals surface area contributed by atoms with E-state index in [1.807, 2.05) is 0 Å². The molecule has 98 valence electrons. The fourth-order valence-electron chi connectivity index (χ4n) is 2.12. The maximum Gasteiger partial charge on any atom is 0.181 e. The molecule has 1 aliphatic heterocycles. The number of aliphatic hydroxyl groups is 1. The highest BCUT2D eigenvalue weighted by Gasteiger charge is 2.28. The van der Waals surface area contributed by atoms with Gasteiger partial charge in [0.05, 0.1) is 19.0 Å². The van der Waals surface area contributed by atoms with Crippen LogP contribution in [0.4, 0.5) is 5.82 Å². The van der Waals surface area contributed by atoms with Gasteiger partial charge in [0.2, 0.25) is 0 Å². The molecule has 3 heterocycles. The van der Waals surface area contributed by atoms with Crippen LogP contribution < -0.4 is 0 Å². The molecule has 9 nitrogen and oxygen atoms in total. The third kappa shape index (κ3) is 2.10. The summed E-state index contributed by atoms with van der Waals surface area (Å²) < 4.78 is 5.61. The van der Waals surface area contributed by atoms with Crippen molar-refractivity contribution in [2.75, 3.05) is 6.61 Å². The van der Waals surface area contributed by atoms with E-state index in [9.17, 15) is 0 Å². The summed E-state index contributed by atoms with van der Waals surface area (Å²) in [6.45, 7) is -0.0235. The van der Waals surface area contributed by atoms with E-state index >= 15 is 0 Å². The number of aromatic nitrogens is 4. The van der Waals surface area contributed by atoms with Gasteiger partial charge in [-0.1, -0.05) is 0 Å². The topological polar surface area (TPSA) is 133 Å². The van der Waals surface area contributed by atoms with Gasteiger partial charge in [0.15, 0.2) is 17.3 Å². The summed E-state index contributed by atoms with van der Waals surface area (Å²) in [7, 11) is 0. The predicted octanol–water partition coefficient (Wildman–Crippen LogP) is 1.51. The minimum Gasteiger partial charge on any atom is -0.394 e. The number of ether oxygens (including phenoxy) is 1. The van der Waals surface area contributed by atoms with Crippen LogP contribution in [-0.4, -0.2) is 37.8 Å². The molecule has 2 aromatic heterocycles. The van der Waals surface area contributed by atoms with Crippen molar-refractivity contribution in [2.45, 2.75) is 25.0 Å². The number of fused-ring (bicyclic) bond motifs is 1. The lowest BCUT2D eigenvalue weighted by atomic mass is 10.2. The molecular formula is C10H11N7O2. The van der Waals surface area contributed by atoms with Gasteiger partial charge in [-0.3, -0.25) is 0 Å². The number of rotatable bonds is 3. The van der Waals surface area contributed by atoms with E-state index < -0.39 is 0 Å². The van der Waals surface area contributed by atoms with Crippen molar-refractivity contribution in [3.63, 3.8) is 0 Å². The van der Waals surface area contributed by atoms with Gasteiger partial charge in [-0.25, -0.2) is 15.0 Å². The van der Waals surface area contributed by atoms with Gasteiger partial charge in [-0.2, -0.15) is 0 Å². The molecule has 3 rings (SSSR count). The van der Waals surface area contributed by atoms with E-state index in [2.05, 4.69) is 30.0 Å². The Balaban J connectivity index is 2.02. The molecular weight excluding hydrogens is 250 g/mol. The van der Waals surface area contributed by atoms with Crippen LogP contribution in [0.5, 0.6) is 0 Å². The summed E-state index contributed by atoms with van der Waals surface area (Å²) in [6, 6.07) is 0. The number of H-pyrrole nitrogens is 1. The lowest BCUT2D eigenvalue weighted by molar-refractivity contribution is 0.00750. The first-order valence-electron chi connectivity index (χ1n) is 5.84. The van der Waals surface area contributed by atoms with Gasteiger partial charge >= 0.3 is 0 Å². The second-order valence-corrected chi connectivity index (χ2v) is 4.20. The Bertz CT molecular complexity index is 648. The molecule has 2 N–H and O–H groups in total. The summed E-state index contributed by atoms with van der Waals surface area (Å²) >= 11 is 0. The fourth-order valence-corrected chi connectivity index (χ4v) is 2.12. The summed E-state index contributed by atoms with van der Waals surface area (Å²) in [5.41, 5.74) is 9.48. The number of nitrogens with one attached hydrogen (secondary N) is 1. The standard InChI is InChI=1S/C10H11N7O2/c11-17-16-10-7-9(13-4-12-7)14-8(15-10)6-2-1-5(3-18)19-6/h4-6,18H,1-3H2,(H,12,13,14,15)/t5-,6+/m0/s1. The Hall–Kier alpha value is -2.22. The summed E-state index contributed by atoms with van der Waals surface area (Å²) in [5, 5.41) is 12.6. The van der Waals surface area contributed by atoms with Crippen LogP contribution in [0.1, 0.15) is 24.8 Å². The van der Waals surface area contributed by atoms with Crippen molar-refractivity contribution in [1.82, 2.24) is 19.9 Å². The molecule has 0 aliphatic carbocycles. The highest BCUT2D eigenvalue weighted by molar-refractivity contribution is 5.80. The number of aliphatic hydroxyl groups excluding tert-OH is 1. The quantitative estimate of drug-likeness (QED) is 0.490. The minimum absolute atomic E-state index is 0.0235. The van der Waals surface area contributed by atoms with Crippen LogP contribution >= 0.6 is 0 Å². The first-order valence-corrected chi connectivity index (χ1v) is 5.84. The Morgan fingerprint density at radius 2 is 2.42 bits per heavy atom. The van der Waals surface area contributed by atoms with E-state index in [0.29, 0.717) is 17.0 Å². The third-order valence-electron chi connectivity index (χ3n) is 3.02. The Labute approximate surface area is 107 Å². The summed E-state index contributed by atoms with van der Waals surface area (Å²) in [5.74, 6) is 0.633. The molecule has 2 atom stereocenters. The van der Waals surface area contributed by atoms with E-state index in [0.717, 1.165) is 12.8 Å². The van der Waals surface area contributed by atoms with Gasteiger partial charge in [-0.15, -0.1) is 0 Å². The molecule has 1 aliphatic rings. The molecule has 0 unspecified atom stereocenters. The molecule has 0 radical (unpaired) electrons. The van der Waals surface area contributed by atoms with Crippen LogP contribution in [0, 0.1) is 0 Å². The van der Waals surface area contributed by atoms with Gasteiger partial charge in [0, 0.05) is 4.91 Å². The molecule has 0 saturated carbocycles. The Morgan fingerprint density at radius 3 is 3.16 bits per heavy atom. The van der Waals surface area contributed by atoms with E-state index in [1.54, 1.807) is 0 Å². The first kappa shape index (κ1) is 11.8. The first-order chi connectivity index (χ1) is 9.31. The molecule has 0 amide bonds. The highest BCUT2D eigenvalue weighted by Crippen LogP contribution is 2.32. The zero-order chi connectivity index (χ0) is 13.2. The summed E-state index contributed by atoms with van der Waals surface area (Å²) in [4.78, 5) is 18.1. The number of hydrogen-bond donors (Lipinski definition) is 2. The van der Waals surface area contributed by atoms with E-state index in [1.165, 1.54) is 6.33 Å². The van der Waals surface area contributed by atoms with Crippen molar-refractivity contribution in [3.05, 3.63) is 22.6 Å². The second-order valence-electron chi connectivity index (χ2n) is 4.20.